The quantitative estimate of drug-likeness (QED) is 0.189. The lowest BCUT2D eigenvalue weighted by Crippen LogP contribution is -3.00. The van der Waals surface area contributed by atoms with Crippen LogP contribution in [0.5, 0.6) is 0 Å². The molecular formula is C60H42I3N3O3. The van der Waals surface area contributed by atoms with Gasteiger partial charge in [0.1, 0.15) is 16.7 Å². The molecule has 69 heavy (non-hydrogen) atoms. The number of pyridine rings is 3. The number of Topliss-reactive ketones (excluding diaryl/α,β-unsaturated/α-hetero) is 3. The molecule has 6 nitrogen and oxygen atoms in total. The molecule has 9 heteroatoms. The molecule has 0 bridgehead atoms. The van der Waals surface area contributed by atoms with Crippen LogP contribution in [0.25, 0.3) is 33.8 Å². The van der Waals surface area contributed by atoms with Crippen molar-refractivity contribution in [1.82, 2.24) is 0 Å². The maximum absolute atomic E-state index is 12.9. The molecule has 0 N–H and O–H groups in total. The highest BCUT2D eigenvalue weighted by molar-refractivity contribution is 6.36. The molecule has 0 unspecified atom stereocenters. The molecule has 0 spiro atoms. The van der Waals surface area contributed by atoms with Crippen molar-refractivity contribution in [3.63, 3.8) is 0 Å². The number of carbonyl (C=O) groups is 3. The highest BCUT2D eigenvalue weighted by Gasteiger charge is 2.41. The average molecular weight is 1230 g/mol. The van der Waals surface area contributed by atoms with E-state index in [2.05, 4.69) is 0 Å². The van der Waals surface area contributed by atoms with E-state index in [-0.39, 0.29) is 89.3 Å². The van der Waals surface area contributed by atoms with Gasteiger partial charge in [-0.15, -0.1) is 0 Å². The first-order valence-corrected chi connectivity index (χ1v) is 21.8. The van der Waals surface area contributed by atoms with Crippen molar-refractivity contribution in [2.24, 2.45) is 0 Å². The molecule has 6 aromatic carbocycles. The van der Waals surface area contributed by atoms with Crippen LogP contribution in [0.2, 0.25) is 0 Å². The standard InChI is InChI=1S/3C20H14NO.3HI/c3*22-20-17-13-7-8-14-21(17)19(16-11-5-2-6-12-16)18(20)15-9-3-1-4-10-15;;;/h3*1-14H;3*1H/q3*+1;;;/p-3. The van der Waals surface area contributed by atoms with Gasteiger partial charge in [0.15, 0.2) is 18.6 Å². The van der Waals surface area contributed by atoms with Crippen LogP contribution in [-0.2, 0) is 0 Å². The molecule has 3 aromatic heterocycles. The van der Waals surface area contributed by atoms with E-state index in [1.165, 1.54) is 0 Å². The summed E-state index contributed by atoms with van der Waals surface area (Å²) in [7, 11) is 0. The predicted molar refractivity (Wildman–Crippen MR) is 258 cm³/mol. The number of aromatic nitrogens is 3. The smallest absolute Gasteiger partial charge is 0.264 e. The molecule has 0 amide bonds. The molecule has 336 valence electrons. The minimum absolute atomic E-state index is 0. The molecule has 6 heterocycles. The van der Waals surface area contributed by atoms with E-state index in [0.717, 1.165) is 67.2 Å². The maximum Gasteiger partial charge on any atom is 0.264 e. The molecular weight excluding hydrogens is 1190 g/mol. The monoisotopic (exact) mass is 1230 g/mol. The molecule has 0 fully saturated rings. The van der Waals surface area contributed by atoms with Crippen molar-refractivity contribution in [3.8, 4) is 0 Å². The summed E-state index contributed by atoms with van der Waals surface area (Å²) in [4.78, 5) is 38.7. The van der Waals surface area contributed by atoms with Crippen molar-refractivity contribution < 1.29 is 100 Å². The number of carbonyl (C=O) groups excluding carboxylic acids is 3. The number of nitrogens with zero attached hydrogens (tertiary/aromatic N) is 3. The first kappa shape index (κ1) is 50.1. The molecule has 0 saturated carbocycles. The molecule has 12 rings (SSSR count). The van der Waals surface area contributed by atoms with Crippen LogP contribution in [0.3, 0.4) is 0 Å². The Labute approximate surface area is 452 Å². The van der Waals surface area contributed by atoms with Gasteiger partial charge in [0.05, 0.1) is 0 Å². The van der Waals surface area contributed by atoms with Gasteiger partial charge in [0.2, 0.25) is 17.1 Å². The van der Waals surface area contributed by atoms with E-state index < -0.39 is 0 Å². The summed E-state index contributed by atoms with van der Waals surface area (Å²) in [5, 5.41) is 0. The van der Waals surface area contributed by atoms with Crippen LogP contribution in [0.15, 0.2) is 255 Å². The zero-order valence-corrected chi connectivity index (χ0v) is 43.4. The third-order valence-corrected chi connectivity index (χ3v) is 11.7. The van der Waals surface area contributed by atoms with E-state index in [1.54, 1.807) is 0 Å². The molecule has 0 saturated heterocycles. The molecule has 0 aliphatic carbocycles. The molecule has 3 aliphatic heterocycles. The summed E-state index contributed by atoms with van der Waals surface area (Å²) >= 11 is 0. The maximum atomic E-state index is 12.9. The largest absolute Gasteiger partial charge is 1.00 e. The number of fused-ring (bicyclic) bond motifs is 3. The minimum atomic E-state index is 0. The zero-order chi connectivity index (χ0) is 44.8. The normalized spacial score (nSPS) is 12.8. The third kappa shape index (κ3) is 10.0. The average Bonchev–Trinajstić information content (AvgIpc) is 3.99. The highest BCUT2D eigenvalue weighted by Crippen LogP contribution is 2.34. The first-order valence-electron chi connectivity index (χ1n) is 21.8. The van der Waals surface area contributed by atoms with Crippen molar-refractivity contribution >= 4 is 51.2 Å². The van der Waals surface area contributed by atoms with Crippen molar-refractivity contribution in [3.05, 3.63) is 306 Å². The Morgan fingerprint density at radius 2 is 0.406 bits per heavy atom. The van der Waals surface area contributed by atoms with E-state index in [0.29, 0.717) is 17.1 Å². The van der Waals surface area contributed by atoms with Crippen molar-refractivity contribution in [2.75, 3.05) is 0 Å². The number of allylic oxidation sites excluding steroid dienone is 3. The van der Waals surface area contributed by atoms with Gasteiger partial charge in [0.25, 0.3) is 34.4 Å². The van der Waals surface area contributed by atoms with Gasteiger partial charge in [-0.05, 0) is 71.3 Å². The van der Waals surface area contributed by atoms with E-state index in [4.69, 9.17) is 0 Å². The SMILES string of the molecule is O=C1C(c2ccccc2)=C(c2ccccc2)[n+]2ccccc21.O=C1C(c2ccccc2)=C(c2ccccc2)[n+]2ccccc21.O=C1C(c2ccccc2)=C(c2ccccc2)[n+]2ccccc21.[I-].[I-].[I-]. The van der Waals surface area contributed by atoms with Gasteiger partial charge in [-0.2, -0.15) is 13.7 Å². The Morgan fingerprint density at radius 3 is 0.623 bits per heavy atom. The third-order valence-electron chi connectivity index (χ3n) is 11.7. The van der Waals surface area contributed by atoms with Crippen LogP contribution in [0, 0.1) is 0 Å². The number of hydrogen-bond acceptors (Lipinski definition) is 3. The Morgan fingerprint density at radius 1 is 0.217 bits per heavy atom. The summed E-state index contributed by atoms with van der Waals surface area (Å²) in [6, 6.07) is 77.0. The fraction of sp³-hybridized carbons (Fsp3) is 0. The highest BCUT2D eigenvalue weighted by atomic mass is 127. The van der Waals surface area contributed by atoms with Gasteiger partial charge in [-0.25, -0.2) is 0 Å². The van der Waals surface area contributed by atoms with E-state index >= 15 is 0 Å². The topological polar surface area (TPSA) is 62.9 Å². The summed E-state index contributed by atoms with van der Waals surface area (Å²) in [6.07, 6.45) is 5.85. The summed E-state index contributed by atoms with van der Waals surface area (Å²) in [5.41, 5.74) is 13.3. The van der Waals surface area contributed by atoms with E-state index in [9.17, 15) is 14.4 Å². The van der Waals surface area contributed by atoms with Crippen LogP contribution in [0.4, 0.5) is 0 Å². The van der Waals surface area contributed by atoms with Gasteiger partial charge < -0.3 is 71.9 Å². The van der Waals surface area contributed by atoms with Gasteiger partial charge in [-0.1, -0.05) is 146 Å². The van der Waals surface area contributed by atoms with Crippen LogP contribution in [0.1, 0.15) is 64.8 Å². The number of benzene rings is 6. The van der Waals surface area contributed by atoms with Gasteiger partial charge in [0, 0.05) is 53.1 Å². The van der Waals surface area contributed by atoms with Crippen LogP contribution < -0.4 is 85.6 Å². The Bertz CT molecular complexity index is 3020. The fourth-order valence-electron chi connectivity index (χ4n) is 8.79. The predicted octanol–water partition coefficient (Wildman–Crippen LogP) is 1.77. The van der Waals surface area contributed by atoms with Crippen molar-refractivity contribution in [2.45, 2.75) is 0 Å². The number of halogens is 3. The van der Waals surface area contributed by atoms with Crippen LogP contribution in [-0.4, -0.2) is 17.3 Å². The summed E-state index contributed by atoms with van der Waals surface area (Å²) in [6.45, 7) is 0. The first-order chi connectivity index (χ1) is 32.6. The summed E-state index contributed by atoms with van der Waals surface area (Å²) in [5.74, 6) is 0.224. The Kier molecular flexibility index (Phi) is 16.7. The lowest BCUT2D eigenvalue weighted by Gasteiger charge is -2.02. The van der Waals surface area contributed by atoms with Gasteiger partial charge in [-0.3, -0.25) is 14.4 Å². The lowest BCUT2D eigenvalue weighted by atomic mass is 9.98. The molecule has 0 radical (unpaired) electrons. The Balaban J connectivity index is 0.000000150. The number of rotatable bonds is 6. The molecule has 3 aliphatic rings. The molecule has 9 aromatic rings. The minimum Gasteiger partial charge on any atom is -1.00 e. The lowest BCUT2D eigenvalue weighted by molar-refractivity contribution is -0.578. The number of hydrogen-bond donors (Lipinski definition) is 0. The Hall–Kier alpha value is -6.81. The number of ketones is 3. The second kappa shape index (κ2) is 23.0. The second-order valence-electron chi connectivity index (χ2n) is 15.7. The molecule has 0 atom stereocenters. The van der Waals surface area contributed by atoms with Gasteiger partial charge >= 0.3 is 0 Å². The summed E-state index contributed by atoms with van der Waals surface area (Å²) < 4.78 is 5.96. The fourth-order valence-corrected chi connectivity index (χ4v) is 8.79. The van der Waals surface area contributed by atoms with Crippen molar-refractivity contribution in [1.29, 1.82) is 0 Å². The van der Waals surface area contributed by atoms with E-state index in [1.807, 2.05) is 269 Å². The van der Waals surface area contributed by atoms with Crippen LogP contribution >= 0.6 is 0 Å². The zero-order valence-electron chi connectivity index (χ0n) is 36.9. The second-order valence-corrected chi connectivity index (χ2v) is 15.7.